The summed E-state index contributed by atoms with van der Waals surface area (Å²) in [6.07, 6.45) is 5.51. The van der Waals surface area contributed by atoms with Gasteiger partial charge in [0.05, 0.1) is 5.56 Å². The van der Waals surface area contributed by atoms with Crippen molar-refractivity contribution in [1.82, 2.24) is 19.4 Å². The first-order valence-electron chi connectivity index (χ1n) is 10.2. The van der Waals surface area contributed by atoms with Crippen molar-refractivity contribution in [1.29, 1.82) is 0 Å². The minimum absolute atomic E-state index is 0.106. The van der Waals surface area contributed by atoms with E-state index in [-0.39, 0.29) is 22.5 Å². The van der Waals surface area contributed by atoms with Gasteiger partial charge in [-0.05, 0) is 31.0 Å². The molecular weight excluding hydrogens is 426 g/mol. The molecule has 1 saturated carbocycles. The molecule has 2 aromatic rings. The maximum atomic E-state index is 13.3. The summed E-state index contributed by atoms with van der Waals surface area (Å²) in [6, 6.07) is 7.62. The number of carbonyl (C=O) groups is 1. The summed E-state index contributed by atoms with van der Waals surface area (Å²) < 4.78 is 29.4. The average molecular weight is 452 g/mol. The second kappa shape index (κ2) is 8.56. The Balaban J connectivity index is 1.49. The van der Waals surface area contributed by atoms with Crippen molar-refractivity contribution in [2.24, 2.45) is 7.05 Å². The van der Waals surface area contributed by atoms with Gasteiger partial charge in [0.15, 0.2) is 0 Å². The van der Waals surface area contributed by atoms with Crippen molar-refractivity contribution in [2.75, 3.05) is 31.1 Å². The number of piperazine rings is 1. The van der Waals surface area contributed by atoms with Gasteiger partial charge in [-0.1, -0.05) is 30.5 Å². The Morgan fingerprint density at radius 3 is 2.53 bits per heavy atom. The van der Waals surface area contributed by atoms with Gasteiger partial charge in [-0.25, -0.2) is 8.42 Å². The SMILES string of the molecule is Cn1cc(C(=O)NC2CCCC2)c(S(=O)(=O)N2CCN(c3cccc(Cl)c3)CC2)n1. The molecule has 0 bridgehead atoms. The van der Waals surface area contributed by atoms with Crippen molar-refractivity contribution >= 4 is 33.2 Å². The third kappa shape index (κ3) is 4.33. The number of anilines is 1. The van der Waals surface area contributed by atoms with Crippen LogP contribution in [0, 0.1) is 0 Å². The lowest BCUT2D eigenvalue weighted by Crippen LogP contribution is -2.49. The molecule has 1 N–H and O–H groups in total. The van der Waals surface area contributed by atoms with Crippen molar-refractivity contribution in [3.63, 3.8) is 0 Å². The van der Waals surface area contributed by atoms with Crippen LogP contribution in [0.2, 0.25) is 5.02 Å². The van der Waals surface area contributed by atoms with Crippen molar-refractivity contribution in [2.45, 2.75) is 36.8 Å². The highest BCUT2D eigenvalue weighted by molar-refractivity contribution is 7.89. The molecule has 1 amide bonds. The molecular formula is C20H26ClN5O3S. The molecule has 1 aromatic heterocycles. The van der Waals surface area contributed by atoms with Gasteiger partial charge in [-0.15, -0.1) is 0 Å². The molecule has 1 aliphatic heterocycles. The summed E-state index contributed by atoms with van der Waals surface area (Å²) in [6.45, 7) is 1.70. The average Bonchev–Trinajstić information content (AvgIpc) is 3.38. The second-order valence-corrected chi connectivity index (χ2v) is 10.1. The van der Waals surface area contributed by atoms with Crippen LogP contribution in [0.25, 0.3) is 0 Å². The number of aryl methyl sites for hydroxylation is 1. The molecule has 2 aliphatic rings. The minimum atomic E-state index is -3.88. The number of nitrogens with zero attached hydrogens (tertiary/aromatic N) is 4. The zero-order valence-corrected chi connectivity index (χ0v) is 18.5. The highest BCUT2D eigenvalue weighted by Gasteiger charge is 2.35. The first kappa shape index (κ1) is 21.1. The number of hydrogen-bond donors (Lipinski definition) is 1. The van der Waals surface area contributed by atoms with E-state index in [1.54, 1.807) is 7.05 Å². The monoisotopic (exact) mass is 451 g/mol. The second-order valence-electron chi connectivity index (χ2n) is 7.85. The summed E-state index contributed by atoms with van der Waals surface area (Å²) in [5, 5.41) is 7.58. The van der Waals surface area contributed by atoms with Crippen molar-refractivity contribution in [3.05, 3.63) is 41.0 Å². The summed E-state index contributed by atoms with van der Waals surface area (Å²) in [4.78, 5) is 14.9. The third-order valence-electron chi connectivity index (χ3n) is 5.73. The van der Waals surface area contributed by atoms with Crippen LogP contribution in [0.5, 0.6) is 0 Å². The van der Waals surface area contributed by atoms with Gasteiger partial charge in [-0.2, -0.15) is 9.40 Å². The first-order chi connectivity index (χ1) is 14.3. The van der Waals surface area contributed by atoms with Crippen LogP contribution < -0.4 is 10.2 Å². The quantitative estimate of drug-likeness (QED) is 0.753. The van der Waals surface area contributed by atoms with Crippen LogP contribution in [0.1, 0.15) is 36.0 Å². The molecule has 10 heteroatoms. The summed E-state index contributed by atoms with van der Waals surface area (Å²) in [5.41, 5.74) is 1.08. The molecule has 2 fully saturated rings. The molecule has 4 rings (SSSR count). The van der Waals surface area contributed by atoms with Crippen LogP contribution in [0.15, 0.2) is 35.5 Å². The Morgan fingerprint density at radius 1 is 1.17 bits per heavy atom. The van der Waals surface area contributed by atoms with Gasteiger partial charge >= 0.3 is 0 Å². The Hall–Kier alpha value is -2.10. The van der Waals surface area contributed by atoms with Gasteiger partial charge in [0.25, 0.3) is 15.9 Å². The number of rotatable bonds is 5. The first-order valence-corrected chi connectivity index (χ1v) is 12.0. The topological polar surface area (TPSA) is 87.5 Å². The third-order valence-corrected chi connectivity index (χ3v) is 7.80. The number of benzene rings is 1. The van der Waals surface area contributed by atoms with Crippen molar-refractivity contribution < 1.29 is 13.2 Å². The van der Waals surface area contributed by atoms with E-state index in [1.165, 1.54) is 15.2 Å². The molecule has 0 spiro atoms. The molecule has 162 valence electrons. The largest absolute Gasteiger partial charge is 0.369 e. The van der Waals surface area contributed by atoms with E-state index in [9.17, 15) is 13.2 Å². The Morgan fingerprint density at radius 2 is 1.87 bits per heavy atom. The molecule has 2 heterocycles. The zero-order valence-electron chi connectivity index (χ0n) is 16.9. The highest BCUT2D eigenvalue weighted by atomic mass is 35.5. The predicted molar refractivity (Wildman–Crippen MR) is 115 cm³/mol. The summed E-state index contributed by atoms with van der Waals surface area (Å²) in [5.74, 6) is -0.369. The van der Waals surface area contributed by atoms with Gasteiger partial charge in [0, 0.05) is 56.2 Å². The Bertz CT molecular complexity index is 1020. The van der Waals surface area contributed by atoms with Crippen molar-refractivity contribution in [3.8, 4) is 0 Å². The van der Waals surface area contributed by atoms with Crippen LogP contribution in [0.3, 0.4) is 0 Å². The fourth-order valence-electron chi connectivity index (χ4n) is 4.13. The van der Waals surface area contributed by atoms with Crippen LogP contribution >= 0.6 is 11.6 Å². The highest BCUT2D eigenvalue weighted by Crippen LogP contribution is 2.25. The van der Waals surface area contributed by atoms with Gasteiger partial charge in [0.1, 0.15) is 0 Å². The predicted octanol–water partition coefficient (Wildman–Crippen LogP) is 2.26. The van der Waals surface area contributed by atoms with Crippen LogP contribution in [0.4, 0.5) is 5.69 Å². The standard InChI is InChI=1S/C20H26ClN5O3S/c1-24-14-18(19(27)22-16-6-2-3-7-16)20(23-24)30(28,29)26-11-9-25(10-12-26)17-8-4-5-15(21)13-17/h4-5,8,13-14,16H,2-3,6-7,9-12H2,1H3,(H,22,27). The lowest BCUT2D eigenvalue weighted by Gasteiger charge is -2.35. The van der Waals surface area contributed by atoms with Gasteiger partial charge < -0.3 is 10.2 Å². The maximum absolute atomic E-state index is 13.3. The number of hydrogen-bond acceptors (Lipinski definition) is 5. The van der Waals surface area contributed by atoms with E-state index in [1.807, 2.05) is 24.3 Å². The zero-order chi connectivity index (χ0) is 21.3. The number of halogens is 1. The molecule has 0 atom stereocenters. The van der Waals surface area contributed by atoms with E-state index >= 15 is 0 Å². The van der Waals surface area contributed by atoms with Gasteiger partial charge in [0.2, 0.25) is 5.03 Å². The van der Waals surface area contributed by atoms with E-state index in [0.717, 1.165) is 31.4 Å². The molecule has 1 aliphatic carbocycles. The molecule has 0 unspecified atom stereocenters. The Labute approximate surface area is 181 Å². The lowest BCUT2D eigenvalue weighted by molar-refractivity contribution is 0.0934. The lowest BCUT2D eigenvalue weighted by atomic mass is 10.2. The number of nitrogens with one attached hydrogen (secondary N) is 1. The number of sulfonamides is 1. The summed E-state index contributed by atoms with van der Waals surface area (Å²) in [7, 11) is -2.25. The molecule has 1 saturated heterocycles. The van der Waals surface area contributed by atoms with E-state index in [2.05, 4.69) is 15.3 Å². The van der Waals surface area contributed by atoms with E-state index < -0.39 is 10.0 Å². The van der Waals surface area contributed by atoms with E-state index in [4.69, 9.17) is 11.6 Å². The molecule has 30 heavy (non-hydrogen) atoms. The molecule has 1 aromatic carbocycles. The number of carbonyl (C=O) groups excluding carboxylic acids is 1. The number of aromatic nitrogens is 2. The molecule has 0 radical (unpaired) electrons. The fraction of sp³-hybridized carbons (Fsp3) is 0.500. The maximum Gasteiger partial charge on any atom is 0.263 e. The van der Waals surface area contributed by atoms with Gasteiger partial charge in [-0.3, -0.25) is 9.48 Å². The summed E-state index contributed by atoms with van der Waals surface area (Å²) >= 11 is 6.07. The van der Waals surface area contributed by atoms with Crippen LogP contribution in [-0.4, -0.2) is 60.6 Å². The fourth-order valence-corrected chi connectivity index (χ4v) is 5.86. The normalized spacial score (nSPS) is 18.7. The number of amides is 1. The Kier molecular flexibility index (Phi) is 6.04. The van der Waals surface area contributed by atoms with Crippen LogP contribution in [-0.2, 0) is 17.1 Å². The smallest absolute Gasteiger partial charge is 0.263 e. The van der Waals surface area contributed by atoms with E-state index in [0.29, 0.717) is 31.2 Å². The molecule has 8 nitrogen and oxygen atoms in total. The minimum Gasteiger partial charge on any atom is -0.369 e.